The van der Waals surface area contributed by atoms with Gasteiger partial charge in [-0.25, -0.2) is 0 Å². The van der Waals surface area contributed by atoms with Crippen molar-refractivity contribution in [1.29, 1.82) is 0 Å². The first kappa shape index (κ1) is 31.1. The molecule has 0 spiro atoms. The Labute approximate surface area is 128 Å². The van der Waals surface area contributed by atoms with Crippen LogP contribution in [-0.2, 0) is 46.2 Å². The molecule has 0 aliphatic heterocycles. The Morgan fingerprint density at radius 1 is 0.476 bits per heavy atom. The monoisotopic (exact) mass is 402 g/mol. The van der Waals surface area contributed by atoms with Crippen molar-refractivity contribution in [2.24, 2.45) is 0 Å². The Bertz CT molecular complexity index is 217. The van der Waals surface area contributed by atoms with Crippen molar-refractivity contribution in [3.63, 3.8) is 0 Å². The molecule has 120 valence electrons. The van der Waals surface area contributed by atoms with E-state index in [-0.39, 0.29) is 26.2 Å². The van der Waals surface area contributed by atoms with Gasteiger partial charge in [-0.2, -0.15) is 0 Å². The molecule has 21 heavy (non-hydrogen) atoms. The van der Waals surface area contributed by atoms with Crippen LogP contribution in [-0.4, -0.2) is 20.3 Å². The van der Waals surface area contributed by atoms with Crippen LogP contribution in [0.5, 0.6) is 0 Å². The van der Waals surface area contributed by atoms with Crippen molar-refractivity contribution in [2.45, 2.75) is 0 Å². The van der Waals surface area contributed by atoms with Crippen LogP contribution in [0.3, 0.4) is 0 Å². The quantitative estimate of drug-likeness (QED) is 0.239. The largest absolute Gasteiger partial charge is 4.00 e. The zero-order valence-corrected chi connectivity index (χ0v) is 11.3. The number of rotatable bonds is 4. The topological polar surface area (TPSA) is 302 Å². The van der Waals surface area contributed by atoms with Crippen LogP contribution < -0.4 is 21.0 Å². The number of nitrogens with zero attached hydrogens (tertiary/aromatic N) is 4. The Hall–Kier alpha value is -2.48. The molecule has 0 amide bonds. The van der Waals surface area contributed by atoms with E-state index < -0.39 is 20.3 Å². The summed E-state index contributed by atoms with van der Waals surface area (Å²) in [5.74, 6) is 0. The first-order valence-electron chi connectivity index (χ1n) is 2.86. The third kappa shape index (κ3) is 138. The second-order valence-corrected chi connectivity index (χ2v) is 1.19. The van der Waals surface area contributed by atoms with Gasteiger partial charge >= 0.3 is 26.2 Å². The third-order valence-electron chi connectivity index (χ3n) is 0.243. The smallest absolute Gasteiger partial charge is 0.694 e. The molecule has 0 aliphatic carbocycles. The Morgan fingerprint density at radius 3 is 0.524 bits per heavy atom. The van der Waals surface area contributed by atoms with Gasteiger partial charge in [-0.3, -0.25) is 0 Å². The molecule has 0 radical (unpaired) electrons. The number of hydrogen-bond acceptors (Lipinski definition) is 16. The van der Waals surface area contributed by atoms with E-state index in [1.165, 1.54) is 0 Å². The molecule has 0 bridgehead atoms. The summed E-state index contributed by atoms with van der Waals surface area (Å²) in [6.07, 6.45) is 0. The van der Waals surface area contributed by atoms with Crippen molar-refractivity contribution in [1.82, 2.24) is 0 Å². The van der Waals surface area contributed by atoms with Crippen LogP contribution in [0.4, 0.5) is 0 Å². The minimum absolute atomic E-state index is 0. The van der Waals surface area contributed by atoms with Gasteiger partial charge in [-0.05, 0) is 0 Å². The fraction of sp³-hybridized carbons (Fsp3) is 0. The second kappa shape index (κ2) is 26.2. The van der Waals surface area contributed by atoms with E-state index in [4.69, 9.17) is 61.5 Å². The molecule has 0 rings (SSSR count). The van der Waals surface area contributed by atoms with Gasteiger partial charge in [-0.15, -0.1) is 40.5 Å². The molecule has 0 atom stereocenters. The zero-order chi connectivity index (χ0) is 17.1. The molecule has 0 fully saturated rings. The van der Waals surface area contributed by atoms with Crippen LogP contribution in [0.15, 0.2) is 0 Å². The molecule has 0 aromatic heterocycles. The van der Waals surface area contributed by atoms with Gasteiger partial charge in [0.15, 0.2) is 0 Å². The Kier molecular flexibility index (Phi) is 38.7. The maximum absolute atomic E-state index is 8.64. The summed E-state index contributed by atoms with van der Waals surface area (Å²) < 4.78 is 0. The molecule has 0 aliphatic rings. The Morgan fingerprint density at radius 2 is 0.524 bits per heavy atom. The van der Waals surface area contributed by atoms with Gasteiger partial charge in [0.25, 0.3) is 20.3 Å². The first-order chi connectivity index (χ1) is 9.08. The van der Waals surface area contributed by atoms with Crippen molar-refractivity contribution in [3.05, 3.63) is 40.5 Å². The fourth-order valence-corrected chi connectivity index (χ4v) is 0. The average molecular weight is 403 g/mol. The Balaban J connectivity index is -0.0000000533. The maximum Gasteiger partial charge on any atom is 4.00 e. The van der Waals surface area contributed by atoms with E-state index in [2.05, 4.69) is 20.0 Å². The fourth-order valence-electron chi connectivity index (χ4n) is 0. The van der Waals surface area contributed by atoms with Gasteiger partial charge in [0.2, 0.25) is 0 Å². The number of hydrogen-bond donors (Lipinski definition) is 0. The predicted octanol–water partition coefficient (Wildman–Crippen LogP) is -6.12. The van der Waals surface area contributed by atoms with Crippen LogP contribution >= 0.6 is 0 Å². The summed E-state index contributed by atoms with van der Waals surface area (Å²) in [7, 11) is 0. The minimum Gasteiger partial charge on any atom is -0.694 e. The van der Waals surface area contributed by atoms with Gasteiger partial charge in [0.1, 0.15) is 0 Å². The summed E-state index contributed by atoms with van der Waals surface area (Å²) in [5, 5.41) is 62.6. The van der Waals surface area contributed by atoms with E-state index in [0.29, 0.717) is 0 Å². The van der Waals surface area contributed by atoms with Crippen molar-refractivity contribution < 1.29 is 87.5 Å². The molecular formula is N4O16Zr. The predicted molar refractivity (Wildman–Crippen MR) is 32.3 cm³/mol. The summed E-state index contributed by atoms with van der Waals surface area (Å²) in [6.45, 7) is 0. The van der Waals surface area contributed by atoms with Crippen LogP contribution in [0, 0.1) is 40.5 Å². The summed E-state index contributed by atoms with van der Waals surface area (Å²) in [4.78, 5) is 43.4. The van der Waals surface area contributed by atoms with E-state index >= 15 is 0 Å². The normalized spacial score (nSPS) is 6.29. The molecule has 0 unspecified atom stereocenters. The van der Waals surface area contributed by atoms with Crippen LogP contribution in [0.1, 0.15) is 0 Å². The van der Waals surface area contributed by atoms with E-state index in [1.807, 2.05) is 0 Å². The molecule has 0 saturated heterocycles. The van der Waals surface area contributed by atoms with Crippen LogP contribution in [0.2, 0.25) is 0 Å². The van der Waals surface area contributed by atoms with Crippen molar-refractivity contribution in [2.75, 3.05) is 0 Å². The second-order valence-electron chi connectivity index (χ2n) is 1.19. The molecule has 0 aromatic carbocycles. The minimum atomic E-state index is -1.43. The van der Waals surface area contributed by atoms with Gasteiger partial charge < -0.3 is 41.0 Å². The van der Waals surface area contributed by atoms with E-state index in [0.717, 1.165) is 0 Å². The maximum atomic E-state index is 8.64. The third-order valence-corrected chi connectivity index (χ3v) is 0.243. The standard InChI is InChI=1S/4HNO4.Zr/c4*2-1(3)5-4;/h4*4H;/q;;;;+4/p-4. The van der Waals surface area contributed by atoms with E-state index in [1.54, 1.807) is 0 Å². The molecule has 0 N–H and O–H groups in total. The van der Waals surface area contributed by atoms with Crippen molar-refractivity contribution in [3.8, 4) is 0 Å². The average Bonchev–Trinajstić information content (AvgIpc) is 2.40. The first-order valence-corrected chi connectivity index (χ1v) is 2.86. The van der Waals surface area contributed by atoms with E-state index in [9.17, 15) is 0 Å². The summed E-state index contributed by atoms with van der Waals surface area (Å²) in [6, 6.07) is 0. The van der Waals surface area contributed by atoms with Crippen molar-refractivity contribution >= 4 is 0 Å². The van der Waals surface area contributed by atoms with Gasteiger partial charge in [-0.1, -0.05) is 0 Å². The molecular weight excluding hydrogens is 403 g/mol. The van der Waals surface area contributed by atoms with Gasteiger partial charge in [0.05, 0.1) is 0 Å². The molecule has 0 heterocycles. The van der Waals surface area contributed by atoms with Crippen LogP contribution in [0.25, 0.3) is 0 Å². The molecule has 20 nitrogen and oxygen atoms in total. The zero-order valence-electron chi connectivity index (χ0n) is 8.82. The SMILES string of the molecule is O=[N+]([O-])O[O-].O=[N+]([O-])O[O-].O=[N+]([O-])O[O-].O=[N+]([O-])O[O-].[Zr+4]. The van der Waals surface area contributed by atoms with Gasteiger partial charge in [0, 0.05) is 0 Å². The summed E-state index contributed by atoms with van der Waals surface area (Å²) in [5.41, 5.74) is 0. The summed E-state index contributed by atoms with van der Waals surface area (Å²) >= 11 is 0. The molecule has 0 saturated carbocycles. The molecule has 21 heteroatoms. The molecule has 0 aromatic rings.